The summed E-state index contributed by atoms with van der Waals surface area (Å²) in [6, 6.07) is 1.51. The molecule has 0 aromatic carbocycles. The molecule has 0 spiro atoms. The van der Waals surface area contributed by atoms with Crippen LogP contribution in [-0.4, -0.2) is 21.7 Å². The van der Waals surface area contributed by atoms with Crippen LogP contribution in [0.4, 0.5) is 5.95 Å². The van der Waals surface area contributed by atoms with Crippen molar-refractivity contribution in [2.75, 3.05) is 11.9 Å². The van der Waals surface area contributed by atoms with Crippen LogP contribution in [0.5, 0.6) is 5.88 Å². The molecule has 0 atom stereocenters. The van der Waals surface area contributed by atoms with E-state index in [1.807, 2.05) is 6.92 Å². The summed E-state index contributed by atoms with van der Waals surface area (Å²) >= 11 is 10.3. The highest BCUT2D eigenvalue weighted by atomic mass is 35.5. The Labute approximate surface area is 91.6 Å². The predicted octanol–water partition coefficient (Wildman–Crippen LogP) is 1.18. The fourth-order valence-electron chi connectivity index (χ4n) is 0.785. The van der Waals surface area contributed by atoms with Gasteiger partial charge in [0, 0.05) is 6.07 Å². The lowest BCUT2D eigenvalue weighted by atomic mass is 10.6. The van der Waals surface area contributed by atoms with Crippen LogP contribution in [-0.2, 0) is 0 Å². The molecule has 7 heteroatoms. The quantitative estimate of drug-likeness (QED) is 0.602. The first-order chi connectivity index (χ1) is 6.61. The van der Waals surface area contributed by atoms with Gasteiger partial charge in [-0.2, -0.15) is 4.98 Å². The van der Waals surface area contributed by atoms with Gasteiger partial charge >= 0.3 is 0 Å². The van der Waals surface area contributed by atoms with Crippen molar-refractivity contribution in [1.82, 2.24) is 9.97 Å². The number of ether oxygens (including phenoxy) is 1. The molecule has 0 amide bonds. The van der Waals surface area contributed by atoms with E-state index < -0.39 is 0 Å². The van der Waals surface area contributed by atoms with Gasteiger partial charge in [0.05, 0.1) is 6.61 Å². The minimum absolute atomic E-state index is 0.0784. The number of rotatable bonds is 3. The number of aromatic nitrogens is 2. The minimum Gasteiger partial charge on any atom is -0.478 e. The van der Waals surface area contributed by atoms with Crippen molar-refractivity contribution in [3.05, 3.63) is 11.2 Å². The number of nitrogens with one attached hydrogen (secondary N) is 1. The predicted molar refractivity (Wildman–Crippen MR) is 58.6 cm³/mol. The molecule has 0 saturated heterocycles. The Morgan fingerprint density at radius 2 is 2.43 bits per heavy atom. The molecule has 0 aliphatic rings. The van der Waals surface area contributed by atoms with Crippen LogP contribution < -0.4 is 15.8 Å². The largest absolute Gasteiger partial charge is 0.478 e. The fourth-order valence-corrected chi connectivity index (χ4v) is 1.05. The maximum atomic E-state index is 5.71. The van der Waals surface area contributed by atoms with E-state index in [4.69, 9.17) is 22.1 Å². The molecule has 1 aromatic rings. The summed E-state index contributed by atoms with van der Waals surface area (Å²) < 4.78 is 5.15. The SMILES string of the molecule is CCOc1cc(Cl)nc(NC(N)=S)n1. The van der Waals surface area contributed by atoms with Crippen LogP contribution in [0.25, 0.3) is 0 Å². The van der Waals surface area contributed by atoms with Crippen LogP contribution in [0, 0.1) is 0 Å². The second-order valence-electron chi connectivity index (χ2n) is 2.27. The van der Waals surface area contributed by atoms with Gasteiger partial charge in [0.15, 0.2) is 5.11 Å². The third-order valence-electron chi connectivity index (χ3n) is 1.20. The Hall–Kier alpha value is -1.14. The van der Waals surface area contributed by atoms with Gasteiger partial charge in [0.2, 0.25) is 11.8 Å². The first-order valence-corrected chi connectivity index (χ1v) is 4.64. The molecular formula is C7H9ClN4OS. The van der Waals surface area contributed by atoms with E-state index in [0.29, 0.717) is 12.5 Å². The number of anilines is 1. The Kier molecular flexibility index (Phi) is 3.84. The van der Waals surface area contributed by atoms with Crippen molar-refractivity contribution in [3.63, 3.8) is 0 Å². The van der Waals surface area contributed by atoms with Gasteiger partial charge in [0.25, 0.3) is 0 Å². The average Bonchev–Trinajstić information content (AvgIpc) is 2.01. The third kappa shape index (κ3) is 3.31. The standard InChI is InChI=1S/C7H9ClN4OS/c1-2-13-5-3-4(8)10-7(11-5)12-6(9)14/h3H,2H2,1H3,(H3,9,10,11,12,14). The highest BCUT2D eigenvalue weighted by molar-refractivity contribution is 7.80. The molecule has 76 valence electrons. The van der Waals surface area contributed by atoms with Gasteiger partial charge in [-0.25, -0.2) is 4.98 Å². The zero-order valence-corrected chi connectivity index (χ0v) is 9.02. The third-order valence-corrected chi connectivity index (χ3v) is 1.49. The van der Waals surface area contributed by atoms with Crippen LogP contribution in [0.3, 0.4) is 0 Å². The molecule has 3 N–H and O–H groups in total. The maximum absolute atomic E-state index is 5.71. The molecule has 0 aliphatic carbocycles. The van der Waals surface area contributed by atoms with Crippen molar-refractivity contribution < 1.29 is 4.74 Å². The van der Waals surface area contributed by atoms with Crippen LogP contribution in [0.15, 0.2) is 6.07 Å². The van der Waals surface area contributed by atoms with E-state index >= 15 is 0 Å². The van der Waals surface area contributed by atoms with Crippen LogP contribution in [0.2, 0.25) is 5.15 Å². The number of thiocarbonyl (C=S) groups is 1. The molecule has 0 aliphatic heterocycles. The minimum atomic E-state index is 0.0784. The van der Waals surface area contributed by atoms with Crippen molar-refractivity contribution in [1.29, 1.82) is 0 Å². The molecule has 1 heterocycles. The van der Waals surface area contributed by atoms with Crippen LogP contribution in [0.1, 0.15) is 6.92 Å². The van der Waals surface area contributed by atoms with Gasteiger partial charge < -0.3 is 15.8 Å². The zero-order chi connectivity index (χ0) is 10.6. The average molecular weight is 233 g/mol. The number of hydrogen-bond acceptors (Lipinski definition) is 4. The van der Waals surface area contributed by atoms with E-state index in [1.54, 1.807) is 0 Å². The number of nitrogens with two attached hydrogens (primary N) is 1. The fraction of sp³-hybridized carbons (Fsp3) is 0.286. The molecule has 0 unspecified atom stereocenters. The Morgan fingerprint density at radius 1 is 1.71 bits per heavy atom. The lowest BCUT2D eigenvalue weighted by molar-refractivity contribution is 0.327. The van der Waals surface area contributed by atoms with E-state index in [0.717, 1.165) is 0 Å². The summed E-state index contributed by atoms with van der Waals surface area (Å²) in [6.07, 6.45) is 0. The highest BCUT2D eigenvalue weighted by Gasteiger charge is 2.03. The van der Waals surface area contributed by atoms with Crippen molar-refractivity contribution in [2.24, 2.45) is 5.73 Å². The number of nitrogens with zero attached hydrogens (tertiary/aromatic N) is 2. The Balaban J connectivity index is 2.88. The van der Waals surface area contributed by atoms with Crippen LogP contribution >= 0.6 is 23.8 Å². The zero-order valence-electron chi connectivity index (χ0n) is 7.45. The molecule has 0 radical (unpaired) electrons. The summed E-state index contributed by atoms with van der Waals surface area (Å²) in [6.45, 7) is 2.34. The normalized spacial score (nSPS) is 9.57. The molecule has 5 nitrogen and oxygen atoms in total. The topological polar surface area (TPSA) is 73.1 Å². The summed E-state index contributed by atoms with van der Waals surface area (Å²) in [5.41, 5.74) is 5.26. The second-order valence-corrected chi connectivity index (χ2v) is 3.10. The molecule has 1 aromatic heterocycles. The van der Waals surface area contributed by atoms with Gasteiger partial charge in [0.1, 0.15) is 5.15 Å². The number of hydrogen-bond donors (Lipinski definition) is 2. The molecule has 0 saturated carbocycles. The van der Waals surface area contributed by atoms with E-state index in [1.165, 1.54) is 6.07 Å². The summed E-state index contributed by atoms with van der Waals surface area (Å²) in [7, 11) is 0. The summed E-state index contributed by atoms with van der Waals surface area (Å²) in [4.78, 5) is 7.82. The molecular weight excluding hydrogens is 224 g/mol. The number of halogens is 1. The van der Waals surface area contributed by atoms with Crippen molar-refractivity contribution in [2.45, 2.75) is 6.92 Å². The molecule has 14 heavy (non-hydrogen) atoms. The highest BCUT2D eigenvalue weighted by Crippen LogP contribution is 2.15. The summed E-state index contributed by atoms with van der Waals surface area (Å²) in [5, 5.41) is 2.91. The first kappa shape index (κ1) is 10.9. The Bertz CT molecular complexity index is 346. The van der Waals surface area contributed by atoms with E-state index in [-0.39, 0.29) is 16.2 Å². The van der Waals surface area contributed by atoms with Gasteiger partial charge in [-0.1, -0.05) is 11.6 Å². The van der Waals surface area contributed by atoms with Crippen molar-refractivity contribution in [3.8, 4) is 5.88 Å². The van der Waals surface area contributed by atoms with E-state index in [9.17, 15) is 0 Å². The molecule has 1 rings (SSSR count). The molecule has 0 fully saturated rings. The first-order valence-electron chi connectivity index (χ1n) is 3.85. The summed E-state index contributed by atoms with van der Waals surface area (Å²) in [5.74, 6) is 0.611. The van der Waals surface area contributed by atoms with Crippen molar-refractivity contribution >= 4 is 34.9 Å². The molecule has 0 bridgehead atoms. The lowest BCUT2D eigenvalue weighted by Crippen LogP contribution is -2.20. The van der Waals surface area contributed by atoms with Gasteiger partial charge in [-0.15, -0.1) is 0 Å². The van der Waals surface area contributed by atoms with Gasteiger partial charge in [-0.05, 0) is 19.1 Å². The van der Waals surface area contributed by atoms with Gasteiger partial charge in [-0.3, -0.25) is 0 Å². The Morgan fingerprint density at radius 3 is 3.00 bits per heavy atom. The van der Waals surface area contributed by atoms with E-state index in [2.05, 4.69) is 27.5 Å². The maximum Gasteiger partial charge on any atom is 0.233 e. The second kappa shape index (κ2) is 4.92. The monoisotopic (exact) mass is 232 g/mol. The lowest BCUT2D eigenvalue weighted by Gasteiger charge is -2.05. The smallest absolute Gasteiger partial charge is 0.233 e.